The van der Waals surface area contributed by atoms with Gasteiger partial charge in [0, 0.05) is 24.9 Å². The Morgan fingerprint density at radius 3 is 3.00 bits per heavy atom. The maximum Gasteiger partial charge on any atom is 0.251 e. The number of ether oxygens (including phenoxy) is 1. The molecular weight excluding hydrogens is 212 g/mol. The summed E-state index contributed by atoms with van der Waals surface area (Å²) in [6.07, 6.45) is 4.07. The molecule has 0 unspecified atom stereocenters. The number of aromatic amines is 1. The third-order valence-corrected chi connectivity index (χ3v) is 3.03. The summed E-state index contributed by atoms with van der Waals surface area (Å²) >= 11 is 5.09. The molecule has 82 valence electrons. The molecule has 1 heterocycles. The SMILES string of the molecule is CCOC1CC(n2ccc(=O)[nH]c2=S)C1. The number of hydrogen-bond donors (Lipinski definition) is 1. The molecule has 15 heavy (non-hydrogen) atoms. The third-order valence-electron chi connectivity index (χ3n) is 2.72. The van der Waals surface area contributed by atoms with E-state index in [1.165, 1.54) is 6.07 Å². The van der Waals surface area contributed by atoms with Gasteiger partial charge in [-0.25, -0.2) is 0 Å². The van der Waals surface area contributed by atoms with E-state index >= 15 is 0 Å². The number of rotatable bonds is 3. The zero-order valence-electron chi connectivity index (χ0n) is 8.60. The van der Waals surface area contributed by atoms with E-state index in [1.807, 2.05) is 11.5 Å². The topological polar surface area (TPSA) is 47.0 Å². The van der Waals surface area contributed by atoms with Gasteiger partial charge >= 0.3 is 0 Å². The predicted molar refractivity (Wildman–Crippen MR) is 59.6 cm³/mol. The second-order valence-electron chi connectivity index (χ2n) is 3.72. The standard InChI is InChI=1S/C10H14N2O2S/c1-2-14-8-5-7(6-8)12-4-3-9(13)11-10(12)15/h3-4,7-8H,2,5-6H2,1H3,(H,11,13,15). The van der Waals surface area contributed by atoms with Gasteiger partial charge in [-0.05, 0) is 32.0 Å². The van der Waals surface area contributed by atoms with Gasteiger partial charge in [0.25, 0.3) is 5.56 Å². The second-order valence-corrected chi connectivity index (χ2v) is 4.11. The smallest absolute Gasteiger partial charge is 0.251 e. The van der Waals surface area contributed by atoms with E-state index in [-0.39, 0.29) is 5.56 Å². The van der Waals surface area contributed by atoms with Gasteiger partial charge in [-0.1, -0.05) is 0 Å². The predicted octanol–water partition coefficient (Wildman–Crippen LogP) is 1.65. The van der Waals surface area contributed by atoms with Crippen molar-refractivity contribution in [3.05, 3.63) is 27.4 Å². The summed E-state index contributed by atoms with van der Waals surface area (Å²) in [5.41, 5.74) is -0.142. The molecule has 0 spiro atoms. The van der Waals surface area contributed by atoms with Crippen LogP contribution in [0.25, 0.3) is 0 Å². The first-order valence-electron chi connectivity index (χ1n) is 5.13. The number of aromatic nitrogens is 2. The van der Waals surface area contributed by atoms with Gasteiger partial charge in [-0.2, -0.15) is 0 Å². The highest BCUT2D eigenvalue weighted by atomic mass is 32.1. The van der Waals surface area contributed by atoms with Crippen LogP contribution in [0.3, 0.4) is 0 Å². The Morgan fingerprint density at radius 2 is 2.40 bits per heavy atom. The fraction of sp³-hybridized carbons (Fsp3) is 0.600. The molecule has 1 fully saturated rings. The van der Waals surface area contributed by atoms with E-state index in [4.69, 9.17) is 17.0 Å². The van der Waals surface area contributed by atoms with Crippen molar-refractivity contribution < 1.29 is 4.74 Å². The molecular formula is C10H14N2O2S. The Morgan fingerprint density at radius 1 is 1.67 bits per heavy atom. The Kier molecular flexibility index (Phi) is 3.02. The first kappa shape index (κ1) is 10.6. The summed E-state index contributed by atoms with van der Waals surface area (Å²) in [7, 11) is 0. The lowest BCUT2D eigenvalue weighted by Gasteiger charge is -2.36. The van der Waals surface area contributed by atoms with Gasteiger partial charge in [-0.3, -0.25) is 9.78 Å². The van der Waals surface area contributed by atoms with E-state index in [2.05, 4.69) is 4.98 Å². The minimum Gasteiger partial charge on any atom is -0.378 e. The molecule has 1 aliphatic rings. The highest BCUT2D eigenvalue weighted by Crippen LogP contribution is 2.34. The van der Waals surface area contributed by atoms with Crippen molar-refractivity contribution in [1.29, 1.82) is 0 Å². The monoisotopic (exact) mass is 226 g/mol. The summed E-state index contributed by atoms with van der Waals surface area (Å²) in [4.78, 5) is 13.6. The summed E-state index contributed by atoms with van der Waals surface area (Å²) in [6, 6.07) is 1.88. The van der Waals surface area contributed by atoms with Crippen molar-refractivity contribution in [3.63, 3.8) is 0 Å². The zero-order valence-corrected chi connectivity index (χ0v) is 9.42. The number of nitrogens with one attached hydrogen (secondary N) is 1. The van der Waals surface area contributed by atoms with Gasteiger partial charge < -0.3 is 9.30 Å². The normalized spacial score (nSPS) is 24.9. The number of nitrogens with zero attached hydrogens (tertiary/aromatic N) is 1. The molecule has 0 aromatic carbocycles. The maximum atomic E-state index is 11.0. The van der Waals surface area contributed by atoms with Crippen molar-refractivity contribution >= 4 is 12.2 Å². The average Bonchev–Trinajstić information content (AvgIpc) is 2.12. The molecule has 0 saturated heterocycles. The first-order chi connectivity index (χ1) is 7.20. The van der Waals surface area contributed by atoms with Crippen molar-refractivity contribution in [3.8, 4) is 0 Å². The van der Waals surface area contributed by atoms with Crippen LogP contribution in [0.15, 0.2) is 17.1 Å². The van der Waals surface area contributed by atoms with E-state index in [0.29, 0.717) is 16.9 Å². The lowest BCUT2D eigenvalue weighted by atomic mass is 9.89. The molecule has 5 heteroatoms. The molecule has 4 nitrogen and oxygen atoms in total. The molecule has 0 amide bonds. The Labute approximate surface area is 92.9 Å². The van der Waals surface area contributed by atoms with Crippen molar-refractivity contribution in [2.24, 2.45) is 0 Å². The van der Waals surface area contributed by atoms with Gasteiger partial charge in [0.15, 0.2) is 4.77 Å². The third kappa shape index (κ3) is 2.18. The average molecular weight is 226 g/mol. The largest absolute Gasteiger partial charge is 0.378 e. The Hall–Kier alpha value is -0.940. The fourth-order valence-corrected chi connectivity index (χ4v) is 2.16. The Bertz CT molecular complexity index is 445. The minimum absolute atomic E-state index is 0.142. The van der Waals surface area contributed by atoms with E-state index in [0.717, 1.165) is 19.4 Å². The summed E-state index contributed by atoms with van der Waals surface area (Å²) in [6.45, 7) is 2.76. The van der Waals surface area contributed by atoms with Crippen LogP contribution < -0.4 is 5.56 Å². The lowest BCUT2D eigenvalue weighted by molar-refractivity contribution is -0.0204. The van der Waals surface area contributed by atoms with Gasteiger partial charge in [-0.15, -0.1) is 0 Å². The first-order valence-corrected chi connectivity index (χ1v) is 5.54. The molecule has 2 rings (SSSR count). The molecule has 1 saturated carbocycles. The zero-order chi connectivity index (χ0) is 10.8. The second kappa shape index (κ2) is 4.28. The van der Waals surface area contributed by atoms with Crippen molar-refractivity contribution in [2.75, 3.05) is 6.61 Å². The van der Waals surface area contributed by atoms with Crippen LogP contribution in [0, 0.1) is 4.77 Å². The van der Waals surface area contributed by atoms with Crippen LogP contribution in [0.4, 0.5) is 0 Å². The highest BCUT2D eigenvalue weighted by Gasteiger charge is 2.30. The van der Waals surface area contributed by atoms with Gasteiger partial charge in [0.05, 0.1) is 6.10 Å². The van der Waals surface area contributed by atoms with Crippen molar-refractivity contribution in [1.82, 2.24) is 9.55 Å². The van der Waals surface area contributed by atoms with Crippen molar-refractivity contribution in [2.45, 2.75) is 31.9 Å². The molecule has 0 bridgehead atoms. The maximum absolute atomic E-state index is 11.0. The van der Waals surface area contributed by atoms with Crippen LogP contribution in [-0.2, 0) is 4.74 Å². The van der Waals surface area contributed by atoms with Crippen LogP contribution in [0.5, 0.6) is 0 Å². The number of H-pyrrole nitrogens is 1. The quantitative estimate of drug-likeness (QED) is 0.797. The molecule has 0 aliphatic heterocycles. The van der Waals surface area contributed by atoms with Gasteiger partial charge in [0.2, 0.25) is 0 Å². The molecule has 0 radical (unpaired) electrons. The number of hydrogen-bond acceptors (Lipinski definition) is 3. The summed E-state index contributed by atoms with van der Waals surface area (Å²) in [5.74, 6) is 0. The molecule has 1 aromatic rings. The van der Waals surface area contributed by atoms with Gasteiger partial charge in [0.1, 0.15) is 0 Å². The van der Waals surface area contributed by atoms with E-state index in [1.54, 1.807) is 6.20 Å². The molecule has 1 aliphatic carbocycles. The van der Waals surface area contributed by atoms with Crippen LogP contribution in [0.1, 0.15) is 25.8 Å². The molecule has 1 N–H and O–H groups in total. The van der Waals surface area contributed by atoms with E-state index < -0.39 is 0 Å². The highest BCUT2D eigenvalue weighted by molar-refractivity contribution is 7.71. The van der Waals surface area contributed by atoms with Crippen LogP contribution >= 0.6 is 12.2 Å². The summed E-state index contributed by atoms with van der Waals surface area (Å²) in [5, 5.41) is 0. The molecule has 1 aromatic heterocycles. The minimum atomic E-state index is -0.142. The fourth-order valence-electron chi connectivity index (χ4n) is 1.85. The summed E-state index contributed by atoms with van der Waals surface area (Å²) < 4.78 is 7.91. The molecule has 0 atom stereocenters. The van der Waals surface area contributed by atoms with Crippen LogP contribution in [0.2, 0.25) is 0 Å². The van der Waals surface area contributed by atoms with Crippen LogP contribution in [-0.4, -0.2) is 22.3 Å². The Balaban J connectivity index is 2.07. The lowest BCUT2D eigenvalue weighted by Crippen LogP contribution is -2.34. The van der Waals surface area contributed by atoms with E-state index in [9.17, 15) is 4.79 Å².